The molecule has 112 valence electrons. The smallest absolute Gasteiger partial charge is 0.272 e. The molecule has 0 saturated carbocycles. The van der Waals surface area contributed by atoms with Gasteiger partial charge in [0.15, 0.2) is 9.84 Å². The van der Waals surface area contributed by atoms with E-state index in [1.807, 2.05) is 0 Å². The first-order chi connectivity index (χ1) is 9.44. The van der Waals surface area contributed by atoms with Gasteiger partial charge >= 0.3 is 0 Å². The fourth-order valence-corrected chi connectivity index (χ4v) is 4.12. The number of amides is 1. The molecule has 2 heterocycles. The van der Waals surface area contributed by atoms with E-state index in [4.69, 9.17) is 4.74 Å². The molecule has 1 aliphatic heterocycles. The second-order valence-corrected chi connectivity index (χ2v) is 7.12. The molecule has 1 aromatic heterocycles. The second kappa shape index (κ2) is 5.92. The third kappa shape index (κ3) is 3.18. The molecule has 8 heteroatoms. The molecule has 7 nitrogen and oxygen atoms in total. The number of aromatic nitrogens is 2. The zero-order valence-corrected chi connectivity index (χ0v) is 12.5. The summed E-state index contributed by atoms with van der Waals surface area (Å²) in [4.78, 5) is 14.1. The zero-order valence-electron chi connectivity index (χ0n) is 11.7. The van der Waals surface area contributed by atoms with Crippen LogP contribution in [0.4, 0.5) is 0 Å². The average Bonchev–Trinajstić information content (AvgIpc) is 2.95. The van der Waals surface area contributed by atoms with Crippen molar-refractivity contribution in [1.82, 2.24) is 14.7 Å². The summed E-state index contributed by atoms with van der Waals surface area (Å²) in [5, 5.41) is 3.98. The molecule has 0 aliphatic carbocycles. The highest BCUT2D eigenvalue weighted by Crippen LogP contribution is 2.19. The third-order valence-corrected chi connectivity index (χ3v) is 5.24. The lowest BCUT2D eigenvalue weighted by molar-refractivity contribution is 0.0613. The van der Waals surface area contributed by atoms with Crippen molar-refractivity contribution in [2.24, 2.45) is 7.05 Å². The van der Waals surface area contributed by atoms with Gasteiger partial charge in [-0.1, -0.05) is 0 Å². The Morgan fingerprint density at radius 3 is 2.85 bits per heavy atom. The molecule has 1 amide bonds. The number of hydrogen-bond donors (Lipinski definition) is 0. The summed E-state index contributed by atoms with van der Waals surface area (Å²) in [5.74, 6) is -0.0377. The van der Waals surface area contributed by atoms with Crippen LogP contribution in [-0.2, 0) is 21.6 Å². The van der Waals surface area contributed by atoms with Gasteiger partial charge in [-0.3, -0.25) is 9.48 Å². The van der Waals surface area contributed by atoms with E-state index in [0.717, 1.165) is 0 Å². The van der Waals surface area contributed by atoms with E-state index in [1.54, 1.807) is 31.3 Å². The number of nitrogens with zero attached hydrogens (tertiary/aromatic N) is 3. The van der Waals surface area contributed by atoms with Crippen molar-refractivity contribution in [2.75, 3.05) is 31.8 Å². The molecule has 1 atom stereocenters. The van der Waals surface area contributed by atoms with Crippen LogP contribution in [-0.4, -0.2) is 66.8 Å². The second-order valence-electron chi connectivity index (χ2n) is 4.89. The van der Waals surface area contributed by atoms with Crippen molar-refractivity contribution in [3.63, 3.8) is 0 Å². The molecular formula is C12H19N3O4S. The molecule has 1 aromatic rings. The first kappa shape index (κ1) is 15.0. The van der Waals surface area contributed by atoms with Crippen LogP contribution < -0.4 is 0 Å². The van der Waals surface area contributed by atoms with E-state index >= 15 is 0 Å². The molecule has 1 fully saturated rings. The first-order valence-electron chi connectivity index (χ1n) is 6.43. The highest BCUT2D eigenvalue weighted by Gasteiger charge is 2.35. The number of carbonyl (C=O) groups is 1. The lowest BCUT2D eigenvalue weighted by Gasteiger charge is -2.27. The van der Waals surface area contributed by atoms with E-state index in [1.165, 1.54) is 4.68 Å². The van der Waals surface area contributed by atoms with Gasteiger partial charge in [0.25, 0.3) is 5.91 Å². The molecule has 1 unspecified atom stereocenters. The SMILES string of the molecule is COCCN(C(=O)c1ccnn1C)C1CCS(=O)(=O)C1. The van der Waals surface area contributed by atoms with Crippen LogP contribution in [0.2, 0.25) is 0 Å². The maximum Gasteiger partial charge on any atom is 0.272 e. The van der Waals surface area contributed by atoms with Gasteiger partial charge in [0, 0.05) is 32.9 Å². The Labute approximate surface area is 118 Å². The van der Waals surface area contributed by atoms with Crippen LogP contribution >= 0.6 is 0 Å². The lowest BCUT2D eigenvalue weighted by Crippen LogP contribution is -2.43. The Hall–Kier alpha value is -1.41. The molecule has 0 aromatic carbocycles. The van der Waals surface area contributed by atoms with Crippen molar-refractivity contribution in [2.45, 2.75) is 12.5 Å². The molecule has 0 N–H and O–H groups in total. The van der Waals surface area contributed by atoms with Crippen molar-refractivity contribution in [3.8, 4) is 0 Å². The Kier molecular flexibility index (Phi) is 4.44. The quantitative estimate of drug-likeness (QED) is 0.745. The fraction of sp³-hybridized carbons (Fsp3) is 0.667. The third-order valence-electron chi connectivity index (χ3n) is 3.49. The topological polar surface area (TPSA) is 81.5 Å². The summed E-state index contributed by atoms with van der Waals surface area (Å²) in [6, 6.07) is 1.35. The highest BCUT2D eigenvalue weighted by atomic mass is 32.2. The molecule has 0 radical (unpaired) electrons. The van der Waals surface area contributed by atoms with Crippen LogP contribution in [0.1, 0.15) is 16.9 Å². The van der Waals surface area contributed by atoms with Crippen molar-refractivity contribution >= 4 is 15.7 Å². The number of ether oxygens (including phenoxy) is 1. The summed E-state index contributed by atoms with van der Waals surface area (Å²) in [6.45, 7) is 0.751. The van der Waals surface area contributed by atoms with Crippen LogP contribution in [0.3, 0.4) is 0 Å². The van der Waals surface area contributed by atoms with Crippen LogP contribution in [0.25, 0.3) is 0 Å². The number of rotatable bonds is 5. The van der Waals surface area contributed by atoms with Crippen molar-refractivity contribution in [1.29, 1.82) is 0 Å². The lowest BCUT2D eigenvalue weighted by atomic mass is 10.2. The summed E-state index contributed by atoms with van der Waals surface area (Å²) in [6.07, 6.45) is 2.03. The predicted octanol–water partition coefficient (Wildman–Crippen LogP) is -0.304. The molecular weight excluding hydrogens is 282 g/mol. The Morgan fingerprint density at radius 2 is 2.35 bits per heavy atom. The normalized spacial score (nSPS) is 21.0. The van der Waals surface area contributed by atoms with Crippen LogP contribution in [0, 0.1) is 0 Å². The van der Waals surface area contributed by atoms with Gasteiger partial charge in [0.05, 0.1) is 18.1 Å². The van der Waals surface area contributed by atoms with E-state index in [2.05, 4.69) is 5.10 Å². The summed E-state index contributed by atoms with van der Waals surface area (Å²) in [7, 11) is 0.206. The molecule has 20 heavy (non-hydrogen) atoms. The first-order valence-corrected chi connectivity index (χ1v) is 8.25. The van der Waals surface area contributed by atoms with Gasteiger partial charge < -0.3 is 9.64 Å². The van der Waals surface area contributed by atoms with Gasteiger partial charge in [0.1, 0.15) is 5.69 Å². The van der Waals surface area contributed by atoms with Gasteiger partial charge in [-0.2, -0.15) is 5.10 Å². The van der Waals surface area contributed by atoms with Crippen molar-refractivity contribution in [3.05, 3.63) is 18.0 Å². The fourth-order valence-electron chi connectivity index (χ4n) is 2.39. The number of hydrogen-bond acceptors (Lipinski definition) is 5. The Balaban J connectivity index is 2.20. The van der Waals surface area contributed by atoms with Crippen LogP contribution in [0.5, 0.6) is 0 Å². The molecule has 1 saturated heterocycles. The molecule has 0 spiro atoms. The monoisotopic (exact) mass is 301 g/mol. The Morgan fingerprint density at radius 1 is 1.60 bits per heavy atom. The summed E-state index contributed by atoms with van der Waals surface area (Å²) >= 11 is 0. The predicted molar refractivity (Wildman–Crippen MR) is 73.2 cm³/mol. The number of aryl methyl sites for hydroxylation is 1. The zero-order chi connectivity index (χ0) is 14.8. The average molecular weight is 301 g/mol. The summed E-state index contributed by atoms with van der Waals surface area (Å²) < 4.78 is 29.7. The molecule has 2 rings (SSSR count). The van der Waals surface area contributed by atoms with Gasteiger partial charge in [-0.15, -0.1) is 0 Å². The highest BCUT2D eigenvalue weighted by molar-refractivity contribution is 7.91. The largest absolute Gasteiger partial charge is 0.383 e. The maximum absolute atomic E-state index is 12.5. The van der Waals surface area contributed by atoms with Gasteiger partial charge in [-0.05, 0) is 12.5 Å². The van der Waals surface area contributed by atoms with E-state index in [9.17, 15) is 13.2 Å². The Bertz CT molecular complexity index is 581. The van der Waals surface area contributed by atoms with E-state index < -0.39 is 9.84 Å². The van der Waals surface area contributed by atoms with E-state index in [0.29, 0.717) is 25.3 Å². The van der Waals surface area contributed by atoms with Gasteiger partial charge in [-0.25, -0.2) is 8.42 Å². The summed E-state index contributed by atoms with van der Waals surface area (Å²) in [5.41, 5.74) is 0.449. The maximum atomic E-state index is 12.5. The number of sulfone groups is 1. The minimum atomic E-state index is -3.04. The number of methoxy groups -OCH3 is 1. The minimum absolute atomic E-state index is 0.0281. The van der Waals surface area contributed by atoms with E-state index in [-0.39, 0.29) is 23.5 Å². The molecule has 1 aliphatic rings. The van der Waals surface area contributed by atoms with Gasteiger partial charge in [0.2, 0.25) is 0 Å². The standard InChI is InChI=1S/C12H19N3O4S/c1-14-11(3-5-13-14)12(16)15(6-7-19-2)10-4-8-20(17,18)9-10/h3,5,10H,4,6-9H2,1-2H3. The molecule has 0 bridgehead atoms. The van der Waals surface area contributed by atoms with Crippen molar-refractivity contribution < 1.29 is 17.9 Å². The number of carbonyl (C=O) groups excluding carboxylic acids is 1. The van der Waals surface area contributed by atoms with Crippen LogP contribution in [0.15, 0.2) is 12.3 Å². The minimum Gasteiger partial charge on any atom is -0.383 e.